The van der Waals surface area contributed by atoms with E-state index in [2.05, 4.69) is 15.6 Å². The summed E-state index contributed by atoms with van der Waals surface area (Å²) in [5.41, 5.74) is 1.87. The SMILES string of the molecule is CNCC(=O)Nc1cccc2[nH]ccc12. The molecule has 1 aromatic carbocycles. The minimum Gasteiger partial charge on any atom is -0.361 e. The van der Waals surface area contributed by atoms with Gasteiger partial charge in [0.1, 0.15) is 0 Å². The number of hydrogen-bond acceptors (Lipinski definition) is 2. The van der Waals surface area contributed by atoms with E-state index < -0.39 is 0 Å². The summed E-state index contributed by atoms with van der Waals surface area (Å²) in [7, 11) is 1.75. The van der Waals surface area contributed by atoms with Gasteiger partial charge in [-0.25, -0.2) is 0 Å². The molecule has 2 aromatic rings. The van der Waals surface area contributed by atoms with Crippen LogP contribution >= 0.6 is 0 Å². The molecule has 4 heteroatoms. The topological polar surface area (TPSA) is 56.9 Å². The molecule has 4 nitrogen and oxygen atoms in total. The first-order chi connectivity index (χ1) is 7.31. The molecule has 0 bridgehead atoms. The Morgan fingerprint density at radius 3 is 3.07 bits per heavy atom. The molecule has 0 aliphatic heterocycles. The number of fused-ring (bicyclic) bond motifs is 1. The van der Waals surface area contributed by atoms with E-state index in [0.29, 0.717) is 6.54 Å². The predicted molar refractivity (Wildman–Crippen MR) is 60.9 cm³/mol. The van der Waals surface area contributed by atoms with Crippen molar-refractivity contribution in [3.05, 3.63) is 30.5 Å². The van der Waals surface area contributed by atoms with Gasteiger partial charge in [-0.15, -0.1) is 0 Å². The number of nitrogens with one attached hydrogen (secondary N) is 3. The third-order valence-corrected chi connectivity index (χ3v) is 2.21. The Morgan fingerprint density at radius 1 is 1.40 bits per heavy atom. The first-order valence-corrected chi connectivity index (χ1v) is 4.82. The minimum absolute atomic E-state index is 0.0359. The number of anilines is 1. The van der Waals surface area contributed by atoms with Gasteiger partial charge in [0, 0.05) is 17.1 Å². The molecular formula is C11H13N3O. The molecule has 0 aliphatic carbocycles. The van der Waals surface area contributed by atoms with E-state index in [0.717, 1.165) is 16.6 Å². The van der Waals surface area contributed by atoms with E-state index in [1.54, 1.807) is 7.05 Å². The lowest BCUT2D eigenvalue weighted by atomic mass is 10.2. The van der Waals surface area contributed by atoms with Gasteiger partial charge in [-0.1, -0.05) is 6.07 Å². The average molecular weight is 203 g/mol. The molecule has 0 aliphatic rings. The number of aromatic amines is 1. The molecule has 78 valence electrons. The Morgan fingerprint density at radius 2 is 2.27 bits per heavy atom. The molecule has 2 rings (SSSR count). The molecule has 0 saturated heterocycles. The van der Waals surface area contributed by atoms with Crippen LogP contribution in [0.4, 0.5) is 5.69 Å². The van der Waals surface area contributed by atoms with Crippen molar-refractivity contribution in [3.63, 3.8) is 0 Å². The van der Waals surface area contributed by atoms with Crippen LogP contribution in [0.5, 0.6) is 0 Å². The van der Waals surface area contributed by atoms with Crippen LogP contribution in [0.15, 0.2) is 30.5 Å². The van der Waals surface area contributed by atoms with Crippen LogP contribution in [0.1, 0.15) is 0 Å². The van der Waals surface area contributed by atoms with E-state index in [1.165, 1.54) is 0 Å². The summed E-state index contributed by atoms with van der Waals surface area (Å²) in [6.45, 7) is 0.320. The Labute approximate surface area is 87.7 Å². The van der Waals surface area contributed by atoms with Crippen molar-refractivity contribution in [2.24, 2.45) is 0 Å². The van der Waals surface area contributed by atoms with Gasteiger partial charge in [0.15, 0.2) is 0 Å². The van der Waals surface area contributed by atoms with Gasteiger partial charge in [-0.05, 0) is 25.2 Å². The molecule has 3 N–H and O–H groups in total. The molecule has 0 saturated carbocycles. The van der Waals surface area contributed by atoms with Gasteiger partial charge in [0.25, 0.3) is 0 Å². The average Bonchev–Trinajstić information content (AvgIpc) is 2.67. The highest BCUT2D eigenvalue weighted by Crippen LogP contribution is 2.21. The van der Waals surface area contributed by atoms with Crippen molar-refractivity contribution < 1.29 is 4.79 Å². The Bertz CT molecular complexity index is 475. The Hall–Kier alpha value is -1.81. The van der Waals surface area contributed by atoms with Crippen molar-refractivity contribution in [1.29, 1.82) is 0 Å². The third kappa shape index (κ3) is 1.99. The van der Waals surface area contributed by atoms with Gasteiger partial charge < -0.3 is 15.6 Å². The largest absolute Gasteiger partial charge is 0.361 e. The van der Waals surface area contributed by atoms with E-state index in [4.69, 9.17) is 0 Å². The van der Waals surface area contributed by atoms with Crippen LogP contribution in [0, 0.1) is 0 Å². The van der Waals surface area contributed by atoms with Crippen LogP contribution in [-0.2, 0) is 4.79 Å². The van der Waals surface area contributed by atoms with Crippen LogP contribution in [0.3, 0.4) is 0 Å². The van der Waals surface area contributed by atoms with Gasteiger partial charge in [-0.2, -0.15) is 0 Å². The normalized spacial score (nSPS) is 10.5. The monoisotopic (exact) mass is 203 g/mol. The van der Waals surface area contributed by atoms with Gasteiger partial charge in [-0.3, -0.25) is 4.79 Å². The maximum absolute atomic E-state index is 11.4. The zero-order valence-corrected chi connectivity index (χ0v) is 8.50. The summed E-state index contributed by atoms with van der Waals surface area (Å²) in [5, 5.41) is 6.69. The van der Waals surface area contributed by atoms with Crippen LogP contribution in [0.2, 0.25) is 0 Å². The van der Waals surface area contributed by atoms with E-state index in [1.807, 2.05) is 30.5 Å². The lowest BCUT2D eigenvalue weighted by Crippen LogP contribution is -2.25. The Balaban J connectivity index is 2.27. The van der Waals surface area contributed by atoms with Crippen LogP contribution in [0.25, 0.3) is 10.9 Å². The molecule has 0 spiro atoms. The van der Waals surface area contributed by atoms with E-state index in [9.17, 15) is 4.79 Å². The first-order valence-electron chi connectivity index (χ1n) is 4.82. The summed E-state index contributed by atoms with van der Waals surface area (Å²) in [5.74, 6) is -0.0359. The van der Waals surface area contributed by atoms with Gasteiger partial charge in [0.2, 0.25) is 5.91 Å². The molecule has 15 heavy (non-hydrogen) atoms. The molecule has 1 aromatic heterocycles. The van der Waals surface area contributed by atoms with E-state index >= 15 is 0 Å². The highest BCUT2D eigenvalue weighted by Gasteiger charge is 2.04. The fourth-order valence-corrected chi connectivity index (χ4v) is 1.55. The maximum Gasteiger partial charge on any atom is 0.238 e. The fraction of sp³-hybridized carbons (Fsp3) is 0.182. The molecule has 1 heterocycles. The number of rotatable bonds is 3. The number of benzene rings is 1. The summed E-state index contributed by atoms with van der Waals surface area (Å²) in [4.78, 5) is 14.5. The first kappa shape index (κ1) is 9.73. The lowest BCUT2D eigenvalue weighted by molar-refractivity contribution is -0.115. The van der Waals surface area contributed by atoms with Crippen molar-refractivity contribution >= 4 is 22.5 Å². The fourth-order valence-electron chi connectivity index (χ4n) is 1.55. The number of likely N-dealkylation sites (N-methyl/N-ethyl adjacent to an activating group) is 1. The zero-order chi connectivity index (χ0) is 10.7. The van der Waals surface area contributed by atoms with Crippen LogP contribution < -0.4 is 10.6 Å². The number of carbonyl (C=O) groups is 1. The van der Waals surface area contributed by atoms with E-state index in [-0.39, 0.29) is 5.91 Å². The number of hydrogen-bond donors (Lipinski definition) is 3. The zero-order valence-electron chi connectivity index (χ0n) is 8.50. The predicted octanol–water partition coefficient (Wildman–Crippen LogP) is 1.33. The smallest absolute Gasteiger partial charge is 0.238 e. The third-order valence-electron chi connectivity index (χ3n) is 2.21. The van der Waals surface area contributed by atoms with Crippen molar-refractivity contribution in [2.75, 3.05) is 18.9 Å². The second-order valence-corrected chi connectivity index (χ2v) is 3.32. The summed E-state index contributed by atoms with van der Waals surface area (Å²) in [6.07, 6.45) is 1.86. The quantitative estimate of drug-likeness (QED) is 0.704. The summed E-state index contributed by atoms with van der Waals surface area (Å²) >= 11 is 0. The maximum atomic E-state index is 11.4. The molecule has 0 unspecified atom stereocenters. The number of amides is 1. The molecule has 0 radical (unpaired) electrons. The summed E-state index contributed by atoms with van der Waals surface area (Å²) in [6, 6.07) is 7.73. The second kappa shape index (κ2) is 4.14. The number of carbonyl (C=O) groups excluding carboxylic acids is 1. The van der Waals surface area contributed by atoms with Gasteiger partial charge >= 0.3 is 0 Å². The number of aromatic nitrogens is 1. The molecule has 1 amide bonds. The second-order valence-electron chi connectivity index (χ2n) is 3.32. The molecule has 0 atom stereocenters. The molecular weight excluding hydrogens is 190 g/mol. The highest BCUT2D eigenvalue weighted by atomic mass is 16.1. The standard InChI is InChI=1S/C11H13N3O/c1-12-7-11(15)14-10-4-2-3-9-8(10)5-6-13-9/h2-6,12-13H,7H2,1H3,(H,14,15). The Kier molecular flexibility index (Phi) is 2.69. The lowest BCUT2D eigenvalue weighted by Gasteiger charge is -2.05. The van der Waals surface area contributed by atoms with Crippen molar-refractivity contribution in [3.8, 4) is 0 Å². The van der Waals surface area contributed by atoms with Crippen LogP contribution in [-0.4, -0.2) is 24.5 Å². The van der Waals surface area contributed by atoms with Crippen molar-refractivity contribution in [2.45, 2.75) is 0 Å². The minimum atomic E-state index is -0.0359. The van der Waals surface area contributed by atoms with Gasteiger partial charge in [0.05, 0.1) is 12.2 Å². The van der Waals surface area contributed by atoms with Crippen molar-refractivity contribution in [1.82, 2.24) is 10.3 Å². The highest BCUT2D eigenvalue weighted by molar-refractivity contribution is 6.01. The molecule has 0 fully saturated rings. The number of H-pyrrole nitrogens is 1. The summed E-state index contributed by atoms with van der Waals surface area (Å²) < 4.78 is 0.